The number of alkyl halides is 3. The maximum atomic E-state index is 13.5. The fourth-order valence-corrected chi connectivity index (χ4v) is 2.18. The maximum absolute atomic E-state index is 13.5. The zero-order valence-electron chi connectivity index (χ0n) is 13.2. The summed E-state index contributed by atoms with van der Waals surface area (Å²) >= 11 is 0. The van der Waals surface area contributed by atoms with Gasteiger partial charge in [0.25, 0.3) is 0 Å². The SMILES string of the molecule is OC[C@H](C#Cc1ccccc1)[C@](O)(/C=C/c1ccccc1)C(F)(F)F. The van der Waals surface area contributed by atoms with Crippen molar-refractivity contribution in [1.29, 1.82) is 0 Å². The van der Waals surface area contributed by atoms with E-state index >= 15 is 0 Å². The molecule has 2 atom stereocenters. The molecule has 0 bridgehead atoms. The minimum absolute atomic E-state index is 0.498. The molecule has 2 rings (SSSR count). The Morgan fingerprint density at radius 1 is 0.960 bits per heavy atom. The van der Waals surface area contributed by atoms with Crippen molar-refractivity contribution < 1.29 is 23.4 Å². The Hall–Kier alpha value is -2.55. The third-order valence-electron chi connectivity index (χ3n) is 3.66. The Labute approximate surface area is 144 Å². The Morgan fingerprint density at radius 2 is 1.52 bits per heavy atom. The van der Waals surface area contributed by atoms with Crippen LogP contribution in [0.25, 0.3) is 6.08 Å². The normalized spacial score (nSPS) is 15.2. The highest BCUT2D eigenvalue weighted by Gasteiger charge is 2.56. The van der Waals surface area contributed by atoms with E-state index in [0.29, 0.717) is 17.2 Å². The van der Waals surface area contributed by atoms with Gasteiger partial charge in [-0.1, -0.05) is 66.4 Å². The number of hydrogen-bond acceptors (Lipinski definition) is 2. The lowest BCUT2D eigenvalue weighted by atomic mass is 9.86. The third-order valence-corrected chi connectivity index (χ3v) is 3.66. The highest BCUT2D eigenvalue weighted by atomic mass is 19.4. The standard InChI is InChI=1S/C20H17F3O2/c21-20(22,23)19(25,14-13-17-9-5-2-6-10-17)18(15-24)12-11-16-7-3-1-4-8-16/h1-10,13-14,18,24-25H,15H2/b14-13+/t18-,19+/m0/s1. The highest BCUT2D eigenvalue weighted by Crippen LogP contribution is 2.38. The van der Waals surface area contributed by atoms with Gasteiger partial charge in [-0.25, -0.2) is 0 Å². The van der Waals surface area contributed by atoms with E-state index in [1.54, 1.807) is 60.7 Å². The van der Waals surface area contributed by atoms with Gasteiger partial charge >= 0.3 is 6.18 Å². The minimum atomic E-state index is -4.99. The van der Waals surface area contributed by atoms with E-state index in [2.05, 4.69) is 11.8 Å². The van der Waals surface area contributed by atoms with Gasteiger partial charge in [-0.3, -0.25) is 0 Å². The van der Waals surface area contributed by atoms with Crippen LogP contribution in [0.5, 0.6) is 0 Å². The fraction of sp³-hybridized carbons (Fsp3) is 0.200. The van der Waals surface area contributed by atoms with Gasteiger partial charge in [0.05, 0.1) is 12.5 Å². The predicted octanol–water partition coefficient (Wildman–Crippen LogP) is 3.65. The van der Waals surface area contributed by atoms with Gasteiger partial charge in [0.1, 0.15) is 0 Å². The second-order valence-electron chi connectivity index (χ2n) is 5.44. The average Bonchev–Trinajstić information content (AvgIpc) is 2.61. The van der Waals surface area contributed by atoms with Gasteiger partial charge in [-0.2, -0.15) is 13.2 Å². The lowest BCUT2D eigenvalue weighted by molar-refractivity contribution is -0.254. The van der Waals surface area contributed by atoms with Crippen LogP contribution < -0.4 is 0 Å². The molecule has 0 radical (unpaired) electrons. The van der Waals surface area contributed by atoms with Crippen molar-refractivity contribution in [3.63, 3.8) is 0 Å². The van der Waals surface area contributed by atoms with Crippen LogP contribution in [0.2, 0.25) is 0 Å². The summed E-state index contributed by atoms with van der Waals surface area (Å²) in [5.41, 5.74) is -2.27. The monoisotopic (exact) mass is 346 g/mol. The van der Waals surface area contributed by atoms with E-state index in [1.165, 1.54) is 6.08 Å². The van der Waals surface area contributed by atoms with Crippen molar-refractivity contribution >= 4 is 6.08 Å². The lowest BCUT2D eigenvalue weighted by Crippen LogP contribution is -2.50. The summed E-state index contributed by atoms with van der Waals surface area (Å²) in [6.07, 6.45) is -3.18. The summed E-state index contributed by atoms with van der Waals surface area (Å²) in [4.78, 5) is 0. The number of rotatable bonds is 4. The molecule has 0 aliphatic rings. The summed E-state index contributed by atoms with van der Waals surface area (Å²) < 4.78 is 40.5. The second kappa shape index (κ2) is 8.02. The molecule has 130 valence electrons. The van der Waals surface area contributed by atoms with Crippen LogP contribution in [-0.2, 0) is 0 Å². The zero-order chi connectivity index (χ0) is 18.3. The molecule has 25 heavy (non-hydrogen) atoms. The largest absolute Gasteiger partial charge is 0.422 e. The van der Waals surface area contributed by atoms with Crippen LogP contribution >= 0.6 is 0 Å². The maximum Gasteiger partial charge on any atom is 0.422 e. The topological polar surface area (TPSA) is 40.5 Å². The summed E-state index contributed by atoms with van der Waals surface area (Å²) in [6.45, 7) is -0.936. The average molecular weight is 346 g/mol. The first-order valence-corrected chi connectivity index (χ1v) is 7.57. The quantitative estimate of drug-likeness (QED) is 0.830. The van der Waals surface area contributed by atoms with Crippen molar-refractivity contribution in [3.8, 4) is 11.8 Å². The number of halogens is 3. The van der Waals surface area contributed by atoms with Gasteiger partial charge in [0.15, 0.2) is 5.60 Å². The molecule has 2 aromatic rings. The van der Waals surface area contributed by atoms with E-state index in [-0.39, 0.29) is 0 Å². The van der Waals surface area contributed by atoms with E-state index < -0.39 is 24.3 Å². The van der Waals surface area contributed by atoms with E-state index in [1.807, 2.05) is 0 Å². The Bertz CT molecular complexity index is 758. The van der Waals surface area contributed by atoms with Crippen LogP contribution in [0.15, 0.2) is 66.7 Å². The summed E-state index contributed by atoms with van der Waals surface area (Å²) in [6, 6.07) is 16.7. The molecule has 0 spiro atoms. The van der Waals surface area contributed by atoms with Crippen molar-refractivity contribution in [2.45, 2.75) is 11.8 Å². The van der Waals surface area contributed by atoms with Crippen LogP contribution in [0.3, 0.4) is 0 Å². The number of aliphatic hydroxyl groups is 2. The van der Waals surface area contributed by atoms with Gasteiger partial charge in [0, 0.05) is 5.56 Å². The molecule has 2 N–H and O–H groups in total. The smallest absolute Gasteiger partial charge is 0.395 e. The number of hydrogen-bond donors (Lipinski definition) is 2. The molecule has 0 heterocycles. The summed E-state index contributed by atoms with van der Waals surface area (Å²) in [5, 5.41) is 19.7. The molecule has 2 nitrogen and oxygen atoms in total. The van der Waals surface area contributed by atoms with Gasteiger partial charge in [-0.05, 0) is 23.8 Å². The van der Waals surface area contributed by atoms with Crippen LogP contribution in [0.4, 0.5) is 13.2 Å². The summed E-state index contributed by atoms with van der Waals surface area (Å²) in [5.74, 6) is 3.20. The number of benzene rings is 2. The van der Waals surface area contributed by atoms with E-state index in [4.69, 9.17) is 0 Å². The lowest BCUT2D eigenvalue weighted by Gasteiger charge is -2.31. The van der Waals surface area contributed by atoms with Crippen LogP contribution in [0, 0.1) is 17.8 Å². The molecule has 0 fully saturated rings. The van der Waals surface area contributed by atoms with Gasteiger partial charge in [-0.15, -0.1) is 0 Å². The highest BCUT2D eigenvalue weighted by molar-refractivity contribution is 5.51. The molecule has 0 aliphatic heterocycles. The Morgan fingerprint density at radius 3 is 2.04 bits per heavy atom. The van der Waals surface area contributed by atoms with Crippen molar-refractivity contribution in [1.82, 2.24) is 0 Å². The first kappa shape index (κ1) is 18.8. The second-order valence-corrected chi connectivity index (χ2v) is 5.44. The molecule has 2 aromatic carbocycles. The molecule has 0 aromatic heterocycles. The minimum Gasteiger partial charge on any atom is -0.395 e. The zero-order valence-corrected chi connectivity index (χ0v) is 13.2. The molecule has 0 aliphatic carbocycles. The van der Waals surface area contributed by atoms with Crippen molar-refractivity contribution in [2.75, 3.05) is 6.61 Å². The first-order chi connectivity index (χ1) is 11.9. The van der Waals surface area contributed by atoms with Crippen molar-refractivity contribution in [2.24, 2.45) is 5.92 Å². The van der Waals surface area contributed by atoms with Crippen LogP contribution in [0.1, 0.15) is 11.1 Å². The predicted molar refractivity (Wildman–Crippen MR) is 90.4 cm³/mol. The first-order valence-electron chi connectivity index (χ1n) is 7.57. The van der Waals surface area contributed by atoms with E-state index in [0.717, 1.165) is 0 Å². The van der Waals surface area contributed by atoms with Gasteiger partial charge < -0.3 is 10.2 Å². The molecule has 5 heteroatoms. The molecular weight excluding hydrogens is 329 g/mol. The molecule has 0 saturated heterocycles. The number of aliphatic hydroxyl groups excluding tert-OH is 1. The molecule has 0 amide bonds. The molecule has 0 saturated carbocycles. The van der Waals surface area contributed by atoms with E-state index in [9.17, 15) is 23.4 Å². The third kappa shape index (κ3) is 4.72. The van der Waals surface area contributed by atoms with Crippen LogP contribution in [-0.4, -0.2) is 28.6 Å². The summed E-state index contributed by atoms with van der Waals surface area (Å²) in [7, 11) is 0. The van der Waals surface area contributed by atoms with Gasteiger partial charge in [0.2, 0.25) is 0 Å². The van der Waals surface area contributed by atoms with Crippen molar-refractivity contribution in [3.05, 3.63) is 77.9 Å². The Balaban J connectivity index is 2.37. The molecular formula is C20H17F3O2. The fourth-order valence-electron chi connectivity index (χ4n) is 2.18. The Kier molecular flexibility index (Phi) is 6.02. The molecule has 0 unspecified atom stereocenters.